The Kier molecular flexibility index (Phi) is 11.0. The smallest absolute Gasteiger partial charge is 0.135 e. The SMILES string of the molecule is CC(C)(C)c1cc(-c2cccc3cccc(-c4ccccc4N(c4ccccc4-c4ccc5oc6ccccc6c5c4)c4ccccc4-c4cccc5c6ccccc6n(-c6ccccc6)c45)c23)cc(C(C)(C)C)c1. The number of aromatic nitrogens is 1. The maximum atomic E-state index is 6.40. The molecule has 3 heteroatoms. The topological polar surface area (TPSA) is 21.3 Å². The Hall–Kier alpha value is -8.92. The summed E-state index contributed by atoms with van der Waals surface area (Å²) in [5.41, 5.74) is 20.3. The maximum Gasteiger partial charge on any atom is 0.135 e. The van der Waals surface area contributed by atoms with E-state index in [0.29, 0.717) is 0 Å². The van der Waals surface area contributed by atoms with Gasteiger partial charge in [-0.3, -0.25) is 0 Å². The summed E-state index contributed by atoms with van der Waals surface area (Å²) in [5, 5.41) is 7.07. The second-order valence-electron chi connectivity index (χ2n) is 22.1. The van der Waals surface area contributed by atoms with Crippen molar-refractivity contribution in [3.63, 3.8) is 0 Å². The monoisotopic (exact) mass is 966 g/mol. The molecule has 0 N–H and O–H groups in total. The third-order valence-corrected chi connectivity index (χ3v) is 15.3. The molecule has 13 rings (SSSR count). The lowest BCUT2D eigenvalue weighted by Gasteiger charge is -2.32. The van der Waals surface area contributed by atoms with Gasteiger partial charge in [0.25, 0.3) is 0 Å². The molecule has 0 amide bonds. The second-order valence-corrected chi connectivity index (χ2v) is 22.1. The molecule has 0 unspecified atom stereocenters. The number of rotatable bonds is 8. The van der Waals surface area contributed by atoms with Gasteiger partial charge in [0, 0.05) is 49.5 Å². The van der Waals surface area contributed by atoms with Gasteiger partial charge in [-0.15, -0.1) is 0 Å². The van der Waals surface area contributed by atoms with Crippen LogP contribution in [0.2, 0.25) is 0 Å². The van der Waals surface area contributed by atoms with Gasteiger partial charge in [0.1, 0.15) is 11.2 Å². The van der Waals surface area contributed by atoms with E-state index in [2.05, 4.69) is 288 Å². The zero-order valence-corrected chi connectivity index (χ0v) is 43.4. The van der Waals surface area contributed by atoms with Gasteiger partial charge in [0.2, 0.25) is 0 Å². The Morgan fingerprint density at radius 2 is 0.853 bits per heavy atom. The van der Waals surface area contributed by atoms with Crippen molar-refractivity contribution in [2.45, 2.75) is 52.4 Å². The lowest BCUT2D eigenvalue weighted by molar-refractivity contribution is 0.569. The van der Waals surface area contributed by atoms with Crippen LogP contribution in [0.5, 0.6) is 0 Å². The van der Waals surface area contributed by atoms with Crippen molar-refractivity contribution in [2.75, 3.05) is 4.90 Å². The molecule has 0 atom stereocenters. The molecule has 0 spiro atoms. The highest BCUT2D eigenvalue weighted by atomic mass is 16.3. The van der Waals surface area contributed by atoms with E-state index in [9.17, 15) is 0 Å². The fourth-order valence-corrected chi connectivity index (χ4v) is 11.5. The lowest BCUT2D eigenvalue weighted by atomic mass is 9.78. The highest BCUT2D eigenvalue weighted by Gasteiger charge is 2.27. The highest BCUT2D eigenvalue weighted by Crippen LogP contribution is 2.51. The van der Waals surface area contributed by atoms with Crippen LogP contribution in [-0.4, -0.2) is 4.57 Å². The molecule has 0 saturated carbocycles. The fourth-order valence-electron chi connectivity index (χ4n) is 11.5. The first-order valence-corrected chi connectivity index (χ1v) is 26.2. The van der Waals surface area contributed by atoms with Gasteiger partial charge >= 0.3 is 0 Å². The molecule has 75 heavy (non-hydrogen) atoms. The van der Waals surface area contributed by atoms with Gasteiger partial charge in [-0.2, -0.15) is 0 Å². The van der Waals surface area contributed by atoms with E-state index in [4.69, 9.17) is 4.42 Å². The molecule has 3 nitrogen and oxygen atoms in total. The number of furan rings is 1. The van der Waals surface area contributed by atoms with Crippen molar-refractivity contribution >= 4 is 71.6 Å². The van der Waals surface area contributed by atoms with Crippen molar-refractivity contribution in [3.8, 4) is 50.2 Å². The number of benzene rings is 11. The van der Waals surface area contributed by atoms with E-state index in [1.54, 1.807) is 0 Å². The van der Waals surface area contributed by atoms with E-state index < -0.39 is 0 Å². The van der Waals surface area contributed by atoms with Crippen molar-refractivity contribution in [1.82, 2.24) is 4.57 Å². The largest absolute Gasteiger partial charge is 0.456 e. The van der Waals surface area contributed by atoms with Crippen molar-refractivity contribution in [2.24, 2.45) is 0 Å². The van der Waals surface area contributed by atoms with Crippen LogP contribution < -0.4 is 4.90 Å². The summed E-state index contributed by atoms with van der Waals surface area (Å²) in [6.07, 6.45) is 0. The number of hydrogen-bond donors (Lipinski definition) is 0. The summed E-state index contributed by atoms with van der Waals surface area (Å²) < 4.78 is 8.85. The Balaban J connectivity index is 1.11. The van der Waals surface area contributed by atoms with Crippen molar-refractivity contribution < 1.29 is 4.42 Å². The molecule has 362 valence electrons. The molecule has 0 saturated heterocycles. The number of anilines is 3. The molecule has 2 aromatic heterocycles. The quantitative estimate of drug-likeness (QED) is 0.151. The van der Waals surface area contributed by atoms with Crippen LogP contribution >= 0.6 is 0 Å². The zero-order chi connectivity index (χ0) is 51.0. The molecule has 11 aromatic carbocycles. The fraction of sp³-hybridized carbons (Fsp3) is 0.111. The first kappa shape index (κ1) is 45.9. The summed E-state index contributed by atoms with van der Waals surface area (Å²) >= 11 is 0. The third-order valence-electron chi connectivity index (χ3n) is 15.3. The van der Waals surface area contributed by atoms with Gasteiger partial charge in [-0.05, 0) is 110 Å². The molecule has 2 heterocycles. The number of nitrogens with zero attached hydrogens (tertiary/aromatic N) is 2. The summed E-state index contributed by atoms with van der Waals surface area (Å²) in [7, 11) is 0. The Morgan fingerprint density at radius 1 is 0.347 bits per heavy atom. The van der Waals surface area contributed by atoms with Crippen molar-refractivity contribution in [1.29, 1.82) is 0 Å². The van der Waals surface area contributed by atoms with Gasteiger partial charge in [-0.1, -0.05) is 230 Å². The van der Waals surface area contributed by atoms with E-state index in [1.165, 1.54) is 60.4 Å². The Bertz CT molecular complexity index is 4290. The number of fused-ring (bicyclic) bond motifs is 7. The minimum absolute atomic E-state index is 0.0354. The summed E-state index contributed by atoms with van der Waals surface area (Å²) in [5.74, 6) is 0. The van der Waals surface area contributed by atoms with Crippen LogP contribution in [-0.2, 0) is 10.8 Å². The maximum absolute atomic E-state index is 6.40. The average molecular weight is 967 g/mol. The zero-order valence-electron chi connectivity index (χ0n) is 43.4. The molecule has 0 aliphatic rings. The van der Waals surface area contributed by atoms with Crippen molar-refractivity contribution in [3.05, 3.63) is 254 Å². The minimum atomic E-state index is -0.0354. The predicted octanol–water partition coefficient (Wildman–Crippen LogP) is 20.6. The predicted molar refractivity (Wildman–Crippen MR) is 319 cm³/mol. The summed E-state index contributed by atoms with van der Waals surface area (Å²) in [6, 6.07) is 89.3. The van der Waals surface area contributed by atoms with E-state index in [-0.39, 0.29) is 10.8 Å². The summed E-state index contributed by atoms with van der Waals surface area (Å²) in [4.78, 5) is 2.53. The molecule has 0 bridgehead atoms. The van der Waals surface area contributed by atoms with Crippen LogP contribution in [0.1, 0.15) is 52.7 Å². The lowest BCUT2D eigenvalue weighted by Crippen LogP contribution is -2.16. The Morgan fingerprint density at radius 3 is 1.55 bits per heavy atom. The third kappa shape index (κ3) is 7.90. The normalized spacial score (nSPS) is 12.1. The van der Waals surface area contributed by atoms with E-state index in [0.717, 1.165) is 72.5 Å². The standard InChI is InChI=1S/C72H58N2O/c1-71(2,3)50-43-49(44-51(46-50)72(4,5)6)54-32-20-23-47-24-21-33-59(69(47)54)55-28-11-17-38-65(55)74(63-36-15-10-27-53(63)48-41-42-68-62(45-48)58-31-14-19-40-67(58)75-68)66-39-18-13-30-57(66)61-35-22-34-60-56-29-12-16-37-64(56)73(70(60)61)52-25-8-7-9-26-52/h7-46H,1-6H3. The second kappa shape index (κ2) is 17.9. The van der Waals surface area contributed by atoms with Gasteiger partial charge in [0.15, 0.2) is 0 Å². The number of hydrogen-bond acceptors (Lipinski definition) is 2. The van der Waals surface area contributed by atoms with Gasteiger partial charge in [-0.25, -0.2) is 0 Å². The molecule has 13 aromatic rings. The van der Waals surface area contributed by atoms with Crippen LogP contribution in [0.15, 0.2) is 247 Å². The van der Waals surface area contributed by atoms with Gasteiger partial charge < -0.3 is 13.9 Å². The molecular weight excluding hydrogens is 909 g/mol. The summed E-state index contributed by atoms with van der Waals surface area (Å²) in [6.45, 7) is 13.9. The average Bonchev–Trinajstić information content (AvgIpc) is 3.99. The van der Waals surface area contributed by atoms with Crippen LogP contribution in [0.25, 0.3) is 105 Å². The van der Waals surface area contributed by atoms with Crippen LogP contribution in [0.4, 0.5) is 17.1 Å². The first-order chi connectivity index (χ1) is 36.5. The molecular formula is C72H58N2O. The highest BCUT2D eigenvalue weighted by molar-refractivity contribution is 6.16. The first-order valence-electron chi connectivity index (χ1n) is 26.2. The molecule has 0 aliphatic heterocycles. The van der Waals surface area contributed by atoms with Crippen LogP contribution in [0.3, 0.4) is 0 Å². The van der Waals surface area contributed by atoms with Crippen LogP contribution in [0, 0.1) is 0 Å². The number of para-hydroxylation sites is 7. The molecule has 0 aliphatic carbocycles. The molecule has 0 radical (unpaired) electrons. The minimum Gasteiger partial charge on any atom is -0.456 e. The van der Waals surface area contributed by atoms with E-state index >= 15 is 0 Å². The van der Waals surface area contributed by atoms with E-state index in [1.807, 2.05) is 6.07 Å². The van der Waals surface area contributed by atoms with Gasteiger partial charge in [0.05, 0.1) is 28.1 Å². The Labute approximate surface area is 439 Å². The molecule has 0 fully saturated rings.